The highest BCUT2D eigenvalue weighted by atomic mass is 16.5. The van der Waals surface area contributed by atoms with Crippen molar-refractivity contribution in [1.29, 1.82) is 0 Å². The molecule has 100 valence electrons. The Balaban J connectivity index is 2.30. The van der Waals surface area contributed by atoms with Crippen molar-refractivity contribution in [2.75, 3.05) is 13.7 Å². The lowest BCUT2D eigenvalue weighted by atomic mass is 9.93. The van der Waals surface area contributed by atoms with Crippen LogP contribution in [0, 0.1) is 0 Å². The van der Waals surface area contributed by atoms with Crippen LogP contribution in [-0.2, 0) is 0 Å². The van der Waals surface area contributed by atoms with Crippen LogP contribution in [0.5, 0.6) is 5.75 Å². The van der Waals surface area contributed by atoms with E-state index in [2.05, 4.69) is 31.3 Å². The zero-order valence-electron chi connectivity index (χ0n) is 11.6. The molecule has 3 nitrogen and oxygen atoms in total. The SMILES string of the molecule is COc1ccc(C(C)C)cc1C(N)C1CCCN1. The summed E-state index contributed by atoms with van der Waals surface area (Å²) in [7, 11) is 1.71. The molecule has 1 aromatic carbocycles. The van der Waals surface area contributed by atoms with Crippen molar-refractivity contribution in [3.05, 3.63) is 29.3 Å². The fourth-order valence-electron chi connectivity index (χ4n) is 2.61. The number of rotatable bonds is 4. The molecule has 2 unspecified atom stereocenters. The maximum atomic E-state index is 6.40. The smallest absolute Gasteiger partial charge is 0.123 e. The van der Waals surface area contributed by atoms with Crippen molar-refractivity contribution < 1.29 is 4.74 Å². The van der Waals surface area contributed by atoms with Crippen molar-refractivity contribution in [2.45, 2.75) is 44.7 Å². The van der Waals surface area contributed by atoms with E-state index in [1.165, 1.54) is 12.0 Å². The van der Waals surface area contributed by atoms with Gasteiger partial charge in [-0.1, -0.05) is 26.0 Å². The third-order valence-corrected chi connectivity index (χ3v) is 3.81. The molecular formula is C15H24N2O. The zero-order chi connectivity index (χ0) is 13.1. The molecule has 1 heterocycles. The summed E-state index contributed by atoms with van der Waals surface area (Å²) in [6, 6.07) is 6.76. The van der Waals surface area contributed by atoms with Crippen LogP contribution < -0.4 is 15.8 Å². The number of nitrogens with one attached hydrogen (secondary N) is 1. The first-order chi connectivity index (χ1) is 8.63. The highest BCUT2D eigenvalue weighted by molar-refractivity contribution is 5.41. The Hall–Kier alpha value is -1.06. The van der Waals surface area contributed by atoms with Gasteiger partial charge in [0.2, 0.25) is 0 Å². The standard InChI is InChI=1S/C15H24N2O/c1-10(2)11-6-7-14(18-3)12(9-11)15(16)13-5-4-8-17-13/h6-7,9-10,13,15,17H,4-5,8,16H2,1-3H3. The molecule has 1 aromatic rings. The summed E-state index contributed by atoms with van der Waals surface area (Å²) in [5, 5.41) is 3.47. The van der Waals surface area contributed by atoms with Crippen molar-refractivity contribution in [1.82, 2.24) is 5.32 Å². The van der Waals surface area contributed by atoms with E-state index in [1.54, 1.807) is 7.11 Å². The Morgan fingerprint density at radius 2 is 2.17 bits per heavy atom. The van der Waals surface area contributed by atoms with Crippen molar-refractivity contribution >= 4 is 0 Å². The molecule has 1 fully saturated rings. The Kier molecular flexibility index (Phi) is 4.25. The highest BCUT2D eigenvalue weighted by Crippen LogP contribution is 2.31. The molecule has 0 spiro atoms. The second-order valence-electron chi connectivity index (χ2n) is 5.38. The van der Waals surface area contributed by atoms with Gasteiger partial charge in [-0.25, -0.2) is 0 Å². The van der Waals surface area contributed by atoms with Crippen LogP contribution in [0.25, 0.3) is 0 Å². The topological polar surface area (TPSA) is 47.3 Å². The Morgan fingerprint density at radius 3 is 2.72 bits per heavy atom. The normalized spacial score (nSPS) is 21.3. The van der Waals surface area contributed by atoms with Gasteiger partial charge in [-0.05, 0) is 36.9 Å². The lowest BCUT2D eigenvalue weighted by Gasteiger charge is -2.23. The van der Waals surface area contributed by atoms with Crippen LogP contribution in [0.4, 0.5) is 0 Å². The van der Waals surface area contributed by atoms with Crippen LogP contribution in [0.3, 0.4) is 0 Å². The molecule has 0 amide bonds. The van der Waals surface area contributed by atoms with E-state index in [0.717, 1.165) is 24.3 Å². The summed E-state index contributed by atoms with van der Waals surface area (Å²) >= 11 is 0. The first-order valence-corrected chi connectivity index (χ1v) is 6.80. The summed E-state index contributed by atoms with van der Waals surface area (Å²) in [5.74, 6) is 1.42. The molecule has 0 aromatic heterocycles. The predicted molar refractivity (Wildman–Crippen MR) is 75.0 cm³/mol. The van der Waals surface area contributed by atoms with Gasteiger partial charge in [0.05, 0.1) is 7.11 Å². The Bertz CT molecular complexity index is 397. The average molecular weight is 248 g/mol. The van der Waals surface area contributed by atoms with E-state index in [0.29, 0.717) is 12.0 Å². The largest absolute Gasteiger partial charge is 0.496 e. The minimum atomic E-state index is 0.0150. The van der Waals surface area contributed by atoms with Gasteiger partial charge in [0.25, 0.3) is 0 Å². The van der Waals surface area contributed by atoms with E-state index in [-0.39, 0.29) is 6.04 Å². The molecule has 0 bridgehead atoms. The third kappa shape index (κ3) is 2.68. The second kappa shape index (κ2) is 5.72. The van der Waals surface area contributed by atoms with E-state index < -0.39 is 0 Å². The lowest BCUT2D eigenvalue weighted by Crippen LogP contribution is -2.34. The summed E-state index contributed by atoms with van der Waals surface area (Å²) < 4.78 is 5.45. The van der Waals surface area contributed by atoms with Gasteiger partial charge in [-0.3, -0.25) is 0 Å². The first kappa shape index (κ1) is 13.4. The number of hydrogen-bond acceptors (Lipinski definition) is 3. The molecule has 1 aliphatic rings. The minimum absolute atomic E-state index is 0.0150. The number of nitrogens with two attached hydrogens (primary N) is 1. The van der Waals surface area contributed by atoms with Crippen LogP contribution in [0.15, 0.2) is 18.2 Å². The molecule has 18 heavy (non-hydrogen) atoms. The average Bonchev–Trinajstić information content (AvgIpc) is 2.90. The van der Waals surface area contributed by atoms with E-state index in [4.69, 9.17) is 10.5 Å². The predicted octanol–water partition coefficient (Wildman–Crippen LogP) is 2.57. The molecule has 0 saturated carbocycles. The monoisotopic (exact) mass is 248 g/mol. The summed E-state index contributed by atoms with van der Waals surface area (Å²) in [5.41, 5.74) is 8.85. The summed E-state index contributed by atoms with van der Waals surface area (Å²) in [6.45, 7) is 5.47. The molecule has 0 aliphatic carbocycles. The molecule has 3 heteroatoms. The van der Waals surface area contributed by atoms with Crippen molar-refractivity contribution in [3.63, 3.8) is 0 Å². The molecule has 2 rings (SSSR count). The van der Waals surface area contributed by atoms with Gasteiger partial charge in [0.1, 0.15) is 5.75 Å². The minimum Gasteiger partial charge on any atom is -0.496 e. The van der Waals surface area contributed by atoms with Crippen LogP contribution in [0.1, 0.15) is 49.8 Å². The Labute approximate surface area is 110 Å². The highest BCUT2D eigenvalue weighted by Gasteiger charge is 2.25. The Morgan fingerprint density at radius 1 is 1.39 bits per heavy atom. The van der Waals surface area contributed by atoms with E-state index >= 15 is 0 Å². The van der Waals surface area contributed by atoms with Gasteiger partial charge in [0.15, 0.2) is 0 Å². The van der Waals surface area contributed by atoms with Crippen LogP contribution >= 0.6 is 0 Å². The maximum absolute atomic E-state index is 6.40. The number of ether oxygens (including phenoxy) is 1. The van der Waals surface area contributed by atoms with Gasteiger partial charge in [0, 0.05) is 17.6 Å². The van der Waals surface area contributed by atoms with Crippen LogP contribution in [-0.4, -0.2) is 19.7 Å². The molecule has 1 aliphatic heterocycles. The fourth-order valence-corrected chi connectivity index (χ4v) is 2.61. The second-order valence-corrected chi connectivity index (χ2v) is 5.38. The first-order valence-electron chi connectivity index (χ1n) is 6.80. The van der Waals surface area contributed by atoms with E-state index in [1.807, 2.05) is 6.07 Å². The van der Waals surface area contributed by atoms with Gasteiger partial charge in [-0.15, -0.1) is 0 Å². The molecule has 0 radical (unpaired) electrons. The number of benzene rings is 1. The fraction of sp³-hybridized carbons (Fsp3) is 0.600. The number of methoxy groups -OCH3 is 1. The van der Waals surface area contributed by atoms with Crippen molar-refractivity contribution in [2.24, 2.45) is 5.73 Å². The summed E-state index contributed by atoms with van der Waals surface area (Å²) in [4.78, 5) is 0. The lowest BCUT2D eigenvalue weighted by molar-refractivity contribution is 0.396. The molecule has 1 saturated heterocycles. The zero-order valence-corrected chi connectivity index (χ0v) is 11.6. The van der Waals surface area contributed by atoms with Gasteiger partial charge < -0.3 is 15.8 Å². The molecule has 2 atom stereocenters. The van der Waals surface area contributed by atoms with Crippen molar-refractivity contribution in [3.8, 4) is 5.75 Å². The van der Waals surface area contributed by atoms with Gasteiger partial charge >= 0.3 is 0 Å². The van der Waals surface area contributed by atoms with E-state index in [9.17, 15) is 0 Å². The molecular weight excluding hydrogens is 224 g/mol. The van der Waals surface area contributed by atoms with Gasteiger partial charge in [-0.2, -0.15) is 0 Å². The molecule has 3 N–H and O–H groups in total. The van der Waals surface area contributed by atoms with Crippen LogP contribution in [0.2, 0.25) is 0 Å². The third-order valence-electron chi connectivity index (χ3n) is 3.81. The maximum Gasteiger partial charge on any atom is 0.123 e. The number of hydrogen-bond donors (Lipinski definition) is 2. The quantitative estimate of drug-likeness (QED) is 0.861. The summed E-state index contributed by atoms with van der Waals surface area (Å²) in [6.07, 6.45) is 2.36.